The molecule has 1 saturated carbocycles. The lowest BCUT2D eigenvalue weighted by molar-refractivity contribution is -0.142. The van der Waals surface area contributed by atoms with E-state index >= 15 is 0 Å². The van der Waals surface area contributed by atoms with Crippen LogP contribution in [-0.2, 0) is 9.53 Å². The fourth-order valence-electron chi connectivity index (χ4n) is 2.78. The molecule has 2 rings (SSSR count). The molecule has 14 heavy (non-hydrogen) atoms. The highest BCUT2D eigenvalue weighted by atomic mass is 16.5. The summed E-state index contributed by atoms with van der Waals surface area (Å²) in [6.45, 7) is 2.66. The standard InChI is InChI=1S/C10H18N2O2/c1-7-6-14-8(9(11)13)10(12-7)4-2-3-5-10/h7-8,12H,2-6H2,1H3,(H2,11,13). The maximum absolute atomic E-state index is 11.3. The van der Waals surface area contributed by atoms with Crippen LogP contribution in [-0.4, -0.2) is 30.2 Å². The molecule has 2 unspecified atom stereocenters. The summed E-state index contributed by atoms with van der Waals surface area (Å²) in [4.78, 5) is 11.3. The van der Waals surface area contributed by atoms with Gasteiger partial charge in [-0.2, -0.15) is 0 Å². The number of morpholine rings is 1. The zero-order chi connectivity index (χ0) is 10.2. The monoisotopic (exact) mass is 198 g/mol. The van der Waals surface area contributed by atoms with Gasteiger partial charge in [-0.05, 0) is 19.8 Å². The number of primary amides is 1. The average molecular weight is 198 g/mol. The molecule has 4 nitrogen and oxygen atoms in total. The molecule has 80 valence electrons. The molecule has 1 spiro atoms. The van der Waals surface area contributed by atoms with E-state index in [4.69, 9.17) is 10.5 Å². The number of rotatable bonds is 1. The van der Waals surface area contributed by atoms with Crippen LogP contribution in [0.15, 0.2) is 0 Å². The van der Waals surface area contributed by atoms with Crippen molar-refractivity contribution in [1.29, 1.82) is 0 Å². The summed E-state index contributed by atoms with van der Waals surface area (Å²) in [6.07, 6.45) is 3.90. The van der Waals surface area contributed by atoms with Crippen LogP contribution in [0, 0.1) is 0 Å². The van der Waals surface area contributed by atoms with Crippen LogP contribution in [0.1, 0.15) is 32.6 Å². The number of carbonyl (C=O) groups excluding carboxylic acids is 1. The van der Waals surface area contributed by atoms with E-state index < -0.39 is 6.10 Å². The Kier molecular flexibility index (Phi) is 2.49. The molecule has 4 heteroatoms. The summed E-state index contributed by atoms with van der Waals surface area (Å²) in [6, 6.07) is 0.323. The molecule has 0 aromatic rings. The molecule has 2 fully saturated rings. The fraction of sp³-hybridized carbons (Fsp3) is 0.900. The molecule has 1 amide bonds. The average Bonchev–Trinajstić information content (AvgIpc) is 2.52. The van der Waals surface area contributed by atoms with Crippen molar-refractivity contribution < 1.29 is 9.53 Å². The normalized spacial score (nSPS) is 36.1. The molecule has 0 aromatic heterocycles. The van der Waals surface area contributed by atoms with Crippen molar-refractivity contribution in [2.24, 2.45) is 5.73 Å². The Balaban J connectivity index is 2.18. The topological polar surface area (TPSA) is 64.3 Å². The predicted octanol–water partition coefficient (Wildman–Crippen LogP) is 0.161. The van der Waals surface area contributed by atoms with E-state index in [9.17, 15) is 4.79 Å². The van der Waals surface area contributed by atoms with E-state index in [0.29, 0.717) is 12.6 Å². The van der Waals surface area contributed by atoms with Gasteiger partial charge in [0.25, 0.3) is 0 Å². The summed E-state index contributed by atoms with van der Waals surface area (Å²) in [5, 5.41) is 3.50. The Labute approximate surface area is 84.2 Å². The number of hydrogen-bond acceptors (Lipinski definition) is 3. The lowest BCUT2D eigenvalue weighted by Crippen LogP contribution is -2.65. The highest BCUT2D eigenvalue weighted by molar-refractivity contribution is 5.80. The van der Waals surface area contributed by atoms with Gasteiger partial charge in [0.15, 0.2) is 6.10 Å². The first kappa shape index (κ1) is 9.93. The maximum Gasteiger partial charge on any atom is 0.248 e. The van der Waals surface area contributed by atoms with E-state index in [1.165, 1.54) is 0 Å². The van der Waals surface area contributed by atoms with Gasteiger partial charge in [-0.3, -0.25) is 4.79 Å². The molecule has 2 atom stereocenters. The summed E-state index contributed by atoms with van der Waals surface area (Å²) in [5.41, 5.74) is 5.20. The smallest absolute Gasteiger partial charge is 0.248 e. The molecule has 0 bridgehead atoms. The maximum atomic E-state index is 11.3. The van der Waals surface area contributed by atoms with Crippen molar-refractivity contribution in [3.05, 3.63) is 0 Å². The quantitative estimate of drug-likeness (QED) is 0.631. The Bertz CT molecular complexity index is 236. The number of carbonyl (C=O) groups is 1. The molecule has 2 aliphatic rings. The van der Waals surface area contributed by atoms with E-state index in [0.717, 1.165) is 25.7 Å². The van der Waals surface area contributed by atoms with E-state index in [-0.39, 0.29) is 11.4 Å². The Morgan fingerprint density at radius 2 is 2.14 bits per heavy atom. The van der Waals surface area contributed by atoms with Gasteiger partial charge in [0, 0.05) is 6.04 Å². The first-order valence-electron chi connectivity index (χ1n) is 5.33. The van der Waals surface area contributed by atoms with Crippen molar-refractivity contribution >= 4 is 5.91 Å². The number of amides is 1. The largest absolute Gasteiger partial charge is 0.367 e. The first-order valence-corrected chi connectivity index (χ1v) is 5.33. The highest BCUT2D eigenvalue weighted by Crippen LogP contribution is 2.36. The molecule has 1 heterocycles. The zero-order valence-electron chi connectivity index (χ0n) is 8.58. The van der Waals surface area contributed by atoms with Gasteiger partial charge in [-0.1, -0.05) is 12.8 Å². The minimum Gasteiger partial charge on any atom is -0.367 e. The van der Waals surface area contributed by atoms with Crippen LogP contribution in [0.2, 0.25) is 0 Å². The van der Waals surface area contributed by atoms with Crippen molar-refractivity contribution in [3.8, 4) is 0 Å². The van der Waals surface area contributed by atoms with E-state index in [1.54, 1.807) is 0 Å². The lowest BCUT2D eigenvalue weighted by Gasteiger charge is -2.43. The highest BCUT2D eigenvalue weighted by Gasteiger charge is 2.48. The minimum atomic E-state index is -0.429. The molecular weight excluding hydrogens is 180 g/mol. The van der Waals surface area contributed by atoms with Crippen LogP contribution in [0.4, 0.5) is 0 Å². The Hall–Kier alpha value is -0.610. The van der Waals surface area contributed by atoms with Gasteiger partial charge in [-0.25, -0.2) is 0 Å². The lowest BCUT2D eigenvalue weighted by atomic mass is 9.87. The third-order valence-electron chi connectivity index (χ3n) is 3.30. The molecule has 1 aliphatic carbocycles. The van der Waals surface area contributed by atoms with Crippen LogP contribution in [0.25, 0.3) is 0 Å². The number of ether oxygens (including phenoxy) is 1. The van der Waals surface area contributed by atoms with Crippen LogP contribution in [0.5, 0.6) is 0 Å². The molecule has 1 aliphatic heterocycles. The third kappa shape index (κ3) is 1.53. The molecule has 0 aromatic carbocycles. The van der Waals surface area contributed by atoms with Crippen LogP contribution >= 0.6 is 0 Å². The van der Waals surface area contributed by atoms with Gasteiger partial charge < -0.3 is 15.8 Å². The predicted molar refractivity (Wildman–Crippen MR) is 52.7 cm³/mol. The minimum absolute atomic E-state index is 0.163. The molecule has 1 saturated heterocycles. The SMILES string of the molecule is CC1COC(C(N)=O)C2(CCCC2)N1. The van der Waals surface area contributed by atoms with Gasteiger partial charge in [0.2, 0.25) is 5.91 Å². The zero-order valence-corrected chi connectivity index (χ0v) is 8.58. The third-order valence-corrected chi connectivity index (χ3v) is 3.30. The van der Waals surface area contributed by atoms with E-state index in [2.05, 4.69) is 12.2 Å². The van der Waals surface area contributed by atoms with Crippen molar-refractivity contribution in [2.45, 2.75) is 50.3 Å². The number of nitrogens with two attached hydrogens (primary N) is 1. The van der Waals surface area contributed by atoms with Crippen molar-refractivity contribution in [3.63, 3.8) is 0 Å². The van der Waals surface area contributed by atoms with Crippen LogP contribution < -0.4 is 11.1 Å². The second-order valence-corrected chi connectivity index (χ2v) is 4.52. The molecular formula is C10H18N2O2. The van der Waals surface area contributed by atoms with Gasteiger partial charge in [0.05, 0.1) is 12.1 Å². The summed E-state index contributed by atoms with van der Waals surface area (Å²) in [7, 11) is 0. The van der Waals surface area contributed by atoms with Gasteiger partial charge in [0.1, 0.15) is 0 Å². The summed E-state index contributed by atoms with van der Waals surface area (Å²) < 4.78 is 5.55. The van der Waals surface area contributed by atoms with Crippen molar-refractivity contribution in [2.75, 3.05) is 6.61 Å². The fourth-order valence-corrected chi connectivity index (χ4v) is 2.78. The number of hydrogen-bond donors (Lipinski definition) is 2. The number of nitrogens with one attached hydrogen (secondary N) is 1. The van der Waals surface area contributed by atoms with Crippen LogP contribution in [0.3, 0.4) is 0 Å². The summed E-state index contributed by atoms with van der Waals surface area (Å²) >= 11 is 0. The van der Waals surface area contributed by atoms with Crippen molar-refractivity contribution in [1.82, 2.24) is 5.32 Å². The second kappa shape index (κ2) is 3.51. The molecule has 3 N–H and O–H groups in total. The van der Waals surface area contributed by atoms with Gasteiger partial charge in [-0.15, -0.1) is 0 Å². The van der Waals surface area contributed by atoms with E-state index in [1.807, 2.05) is 0 Å². The van der Waals surface area contributed by atoms with Gasteiger partial charge >= 0.3 is 0 Å². The summed E-state index contributed by atoms with van der Waals surface area (Å²) in [5.74, 6) is -0.327. The first-order chi connectivity index (χ1) is 6.64. The Morgan fingerprint density at radius 1 is 1.50 bits per heavy atom. The molecule has 0 radical (unpaired) electrons. The Morgan fingerprint density at radius 3 is 2.71 bits per heavy atom. The second-order valence-electron chi connectivity index (χ2n) is 4.52.